The molecule has 0 aliphatic heterocycles. The molecule has 1 aromatic carbocycles. The van der Waals surface area contributed by atoms with E-state index in [4.69, 9.17) is 0 Å². The third-order valence-electron chi connectivity index (χ3n) is 4.03. The largest absolute Gasteiger partial charge is 0.394 e. The normalized spacial score (nSPS) is 12.3. The second kappa shape index (κ2) is 6.50. The fraction of sp³-hybridized carbons (Fsp3) is 0.412. The molecule has 0 atom stereocenters. The summed E-state index contributed by atoms with van der Waals surface area (Å²) in [5.74, 6) is -0.967. The van der Waals surface area contributed by atoms with Crippen LogP contribution in [0.5, 0.6) is 0 Å². The molecule has 2 aromatic rings. The van der Waals surface area contributed by atoms with Crippen LogP contribution in [0.25, 0.3) is 11.3 Å². The van der Waals surface area contributed by atoms with Crippen LogP contribution in [0.2, 0.25) is 0 Å². The summed E-state index contributed by atoms with van der Waals surface area (Å²) in [4.78, 5) is 12.0. The summed E-state index contributed by atoms with van der Waals surface area (Å²) in [6.45, 7) is 3.64. The zero-order chi connectivity index (χ0) is 19.0. The van der Waals surface area contributed by atoms with E-state index in [-0.39, 0.29) is 11.6 Å². The molecule has 0 aliphatic rings. The quantitative estimate of drug-likeness (QED) is 0.822. The third-order valence-corrected chi connectivity index (χ3v) is 4.03. The Kier molecular flexibility index (Phi) is 4.92. The van der Waals surface area contributed by atoms with E-state index >= 15 is 0 Å². The van der Waals surface area contributed by atoms with Crippen LogP contribution in [0.4, 0.5) is 23.4 Å². The Bertz CT molecular complexity index is 776. The van der Waals surface area contributed by atoms with E-state index in [2.05, 4.69) is 10.4 Å². The number of anilines is 1. The number of amides is 1. The van der Waals surface area contributed by atoms with Crippen molar-refractivity contribution in [3.63, 3.8) is 0 Å². The molecule has 0 fully saturated rings. The number of benzene rings is 1. The number of aromatic nitrogens is 2. The Morgan fingerprint density at radius 2 is 1.76 bits per heavy atom. The Morgan fingerprint density at radius 3 is 2.28 bits per heavy atom. The van der Waals surface area contributed by atoms with Crippen LogP contribution in [0.15, 0.2) is 24.3 Å². The van der Waals surface area contributed by atoms with Crippen molar-refractivity contribution in [2.45, 2.75) is 33.4 Å². The van der Waals surface area contributed by atoms with Crippen molar-refractivity contribution in [1.82, 2.24) is 9.78 Å². The molecule has 0 saturated carbocycles. The number of nitrogens with zero attached hydrogens (tertiary/aromatic N) is 2. The maximum atomic E-state index is 13.1. The number of alkyl halides is 3. The molecular weight excluding hydrogens is 338 g/mol. The van der Waals surface area contributed by atoms with Crippen molar-refractivity contribution >= 4 is 11.7 Å². The second-order valence-corrected chi connectivity index (χ2v) is 6.56. The molecule has 0 saturated heterocycles. The maximum Gasteiger partial charge on any atom is 0.394 e. The molecule has 8 heteroatoms. The molecule has 0 bridgehead atoms. The van der Waals surface area contributed by atoms with Crippen LogP contribution in [0, 0.1) is 18.2 Å². The monoisotopic (exact) mass is 357 g/mol. The topological polar surface area (TPSA) is 46.9 Å². The summed E-state index contributed by atoms with van der Waals surface area (Å²) in [7, 11) is 1.64. The average molecular weight is 357 g/mol. The van der Waals surface area contributed by atoms with Crippen molar-refractivity contribution < 1.29 is 22.4 Å². The van der Waals surface area contributed by atoms with E-state index < -0.39 is 23.9 Å². The van der Waals surface area contributed by atoms with Gasteiger partial charge in [-0.25, -0.2) is 4.39 Å². The number of halogens is 4. The van der Waals surface area contributed by atoms with Crippen molar-refractivity contribution in [2.24, 2.45) is 12.5 Å². The van der Waals surface area contributed by atoms with Crippen LogP contribution in [-0.4, -0.2) is 21.9 Å². The molecule has 1 amide bonds. The summed E-state index contributed by atoms with van der Waals surface area (Å²) in [6.07, 6.45) is -5.19. The minimum atomic E-state index is -4.48. The molecule has 136 valence electrons. The van der Waals surface area contributed by atoms with Crippen molar-refractivity contribution in [2.75, 3.05) is 5.32 Å². The predicted molar refractivity (Wildman–Crippen MR) is 86.4 cm³/mol. The summed E-state index contributed by atoms with van der Waals surface area (Å²) < 4.78 is 53.3. The van der Waals surface area contributed by atoms with E-state index in [1.807, 2.05) is 0 Å². The molecule has 25 heavy (non-hydrogen) atoms. The Balaban J connectivity index is 2.23. The molecule has 0 spiro atoms. The summed E-state index contributed by atoms with van der Waals surface area (Å²) >= 11 is 0. The zero-order valence-electron chi connectivity index (χ0n) is 14.3. The minimum Gasteiger partial charge on any atom is -0.309 e. The first-order valence-corrected chi connectivity index (χ1v) is 7.58. The standard InChI is InChI=1S/C17H19F4N3O/c1-10-14(11-5-7-12(18)8-6-11)24(4)23-15(10)22-13(25)9-16(2,3)17(19,20)21/h5-8H,9H2,1-4H3,(H,22,23,25). The van der Waals surface area contributed by atoms with Gasteiger partial charge in [0.15, 0.2) is 5.82 Å². The zero-order valence-corrected chi connectivity index (χ0v) is 14.3. The van der Waals surface area contributed by atoms with Crippen molar-refractivity contribution in [3.8, 4) is 11.3 Å². The lowest BCUT2D eigenvalue weighted by Gasteiger charge is -2.26. The summed E-state index contributed by atoms with van der Waals surface area (Å²) in [6, 6.07) is 5.73. The first kappa shape index (κ1) is 19.0. The highest BCUT2D eigenvalue weighted by atomic mass is 19.4. The van der Waals surface area contributed by atoms with Gasteiger partial charge in [-0.3, -0.25) is 9.48 Å². The van der Waals surface area contributed by atoms with Gasteiger partial charge in [0, 0.05) is 24.6 Å². The lowest BCUT2D eigenvalue weighted by Crippen LogP contribution is -2.36. The van der Waals surface area contributed by atoms with Crippen LogP contribution in [0.3, 0.4) is 0 Å². The van der Waals surface area contributed by atoms with E-state index in [0.717, 1.165) is 13.8 Å². The molecule has 0 unspecified atom stereocenters. The van der Waals surface area contributed by atoms with Gasteiger partial charge in [-0.1, -0.05) is 13.8 Å². The fourth-order valence-corrected chi connectivity index (χ4v) is 2.44. The van der Waals surface area contributed by atoms with Gasteiger partial charge in [0.1, 0.15) is 5.82 Å². The fourth-order valence-electron chi connectivity index (χ4n) is 2.44. The van der Waals surface area contributed by atoms with Gasteiger partial charge >= 0.3 is 6.18 Å². The molecule has 1 heterocycles. The van der Waals surface area contributed by atoms with Crippen LogP contribution in [0.1, 0.15) is 25.8 Å². The highest BCUT2D eigenvalue weighted by molar-refractivity contribution is 5.92. The first-order chi connectivity index (χ1) is 11.4. The van der Waals surface area contributed by atoms with E-state index in [1.165, 1.54) is 16.8 Å². The van der Waals surface area contributed by atoms with E-state index in [1.54, 1.807) is 26.1 Å². The van der Waals surface area contributed by atoms with Gasteiger partial charge in [-0.15, -0.1) is 0 Å². The van der Waals surface area contributed by atoms with Gasteiger partial charge in [0.25, 0.3) is 0 Å². The Morgan fingerprint density at radius 1 is 1.20 bits per heavy atom. The highest BCUT2D eigenvalue weighted by Gasteiger charge is 2.48. The van der Waals surface area contributed by atoms with E-state index in [9.17, 15) is 22.4 Å². The molecule has 4 nitrogen and oxygen atoms in total. The number of nitrogens with one attached hydrogen (secondary N) is 1. The molecule has 0 aliphatic carbocycles. The van der Waals surface area contributed by atoms with Crippen LogP contribution in [-0.2, 0) is 11.8 Å². The summed E-state index contributed by atoms with van der Waals surface area (Å²) in [5.41, 5.74) is -0.220. The van der Waals surface area contributed by atoms with Gasteiger partial charge < -0.3 is 5.32 Å². The number of hydrogen-bond donors (Lipinski definition) is 1. The lowest BCUT2D eigenvalue weighted by atomic mass is 9.88. The number of hydrogen-bond acceptors (Lipinski definition) is 2. The number of rotatable bonds is 4. The Labute approximate surface area is 142 Å². The van der Waals surface area contributed by atoms with Crippen molar-refractivity contribution in [3.05, 3.63) is 35.6 Å². The number of carbonyl (C=O) groups is 1. The highest BCUT2D eigenvalue weighted by Crippen LogP contribution is 2.40. The Hall–Kier alpha value is -2.38. The van der Waals surface area contributed by atoms with E-state index in [0.29, 0.717) is 16.8 Å². The minimum absolute atomic E-state index is 0.185. The summed E-state index contributed by atoms with van der Waals surface area (Å²) in [5, 5.41) is 6.59. The van der Waals surface area contributed by atoms with Gasteiger partial charge in [0.2, 0.25) is 5.91 Å². The maximum absolute atomic E-state index is 13.1. The smallest absolute Gasteiger partial charge is 0.309 e. The molecule has 1 N–H and O–H groups in total. The molecule has 2 rings (SSSR count). The molecule has 1 aromatic heterocycles. The van der Waals surface area contributed by atoms with Gasteiger partial charge in [-0.05, 0) is 31.2 Å². The van der Waals surface area contributed by atoms with Gasteiger partial charge in [-0.2, -0.15) is 18.3 Å². The number of aryl methyl sites for hydroxylation is 1. The second-order valence-electron chi connectivity index (χ2n) is 6.56. The van der Waals surface area contributed by atoms with Crippen molar-refractivity contribution in [1.29, 1.82) is 0 Å². The number of carbonyl (C=O) groups excluding carboxylic acids is 1. The molecule has 0 radical (unpaired) electrons. The first-order valence-electron chi connectivity index (χ1n) is 7.58. The average Bonchev–Trinajstić information content (AvgIpc) is 2.73. The van der Waals surface area contributed by atoms with Gasteiger partial charge in [0.05, 0.1) is 11.1 Å². The molecular formula is C17H19F4N3O. The third kappa shape index (κ3) is 4.00. The SMILES string of the molecule is Cc1c(NC(=O)CC(C)(C)C(F)(F)F)nn(C)c1-c1ccc(F)cc1. The lowest BCUT2D eigenvalue weighted by molar-refractivity contribution is -0.213. The van der Waals surface area contributed by atoms with Crippen LogP contribution >= 0.6 is 0 Å². The predicted octanol–water partition coefficient (Wildman–Crippen LogP) is 4.45. The van der Waals surface area contributed by atoms with Crippen LogP contribution < -0.4 is 5.32 Å².